The molecule has 2 N–H and O–H groups in total. The molecular weight excluding hydrogens is 308 g/mol. The van der Waals surface area contributed by atoms with Gasteiger partial charge in [-0.15, -0.1) is 0 Å². The number of aromatic nitrogens is 3. The third-order valence-corrected chi connectivity index (χ3v) is 4.44. The summed E-state index contributed by atoms with van der Waals surface area (Å²) in [4.78, 5) is 8.88. The van der Waals surface area contributed by atoms with E-state index in [1.807, 2.05) is 47.0 Å². The van der Waals surface area contributed by atoms with E-state index in [1.54, 1.807) is 0 Å². The molecule has 1 atom stereocenters. The summed E-state index contributed by atoms with van der Waals surface area (Å²) in [5, 5.41) is 1.38. The molecule has 0 aliphatic heterocycles. The number of para-hydroxylation sites is 1. The molecule has 0 radical (unpaired) electrons. The number of fused-ring (bicyclic) bond motifs is 3. The van der Waals surface area contributed by atoms with Crippen molar-refractivity contribution in [2.24, 2.45) is 0 Å². The number of halogens is 1. The van der Waals surface area contributed by atoms with Crippen molar-refractivity contribution in [3.05, 3.63) is 65.3 Å². The highest BCUT2D eigenvalue weighted by molar-refractivity contribution is 6.35. The maximum absolute atomic E-state index is 6.33. The zero-order valence-electron chi connectivity index (χ0n) is 12.6. The highest BCUT2D eigenvalue weighted by atomic mass is 35.5. The molecule has 2 heterocycles. The molecule has 2 aromatic heterocycles. The summed E-state index contributed by atoms with van der Waals surface area (Å²) in [6.45, 7) is 2.11. The summed E-state index contributed by atoms with van der Waals surface area (Å²) in [5.41, 5.74) is 9.79. The third kappa shape index (κ3) is 2.14. The zero-order chi connectivity index (χ0) is 16.0. The number of nitrogens with zero attached hydrogens (tertiary/aromatic N) is 3. The molecule has 0 fully saturated rings. The number of imidazole rings is 1. The predicted molar refractivity (Wildman–Crippen MR) is 94.7 cm³/mol. The van der Waals surface area contributed by atoms with E-state index in [1.165, 1.54) is 0 Å². The quantitative estimate of drug-likeness (QED) is 0.555. The van der Waals surface area contributed by atoms with Crippen LogP contribution in [0.2, 0.25) is 5.15 Å². The molecule has 4 nitrogen and oxygen atoms in total. The number of nitrogen functional groups attached to an aromatic ring is 1. The predicted octanol–water partition coefficient (Wildman–Crippen LogP) is 4.43. The Morgan fingerprint density at radius 1 is 1.00 bits per heavy atom. The van der Waals surface area contributed by atoms with Gasteiger partial charge in [0, 0.05) is 5.39 Å². The lowest BCUT2D eigenvalue weighted by atomic mass is 10.1. The lowest BCUT2D eigenvalue weighted by Crippen LogP contribution is -2.10. The highest BCUT2D eigenvalue weighted by Crippen LogP contribution is 2.34. The van der Waals surface area contributed by atoms with E-state index in [-0.39, 0.29) is 6.04 Å². The van der Waals surface area contributed by atoms with Crippen LogP contribution in [0.25, 0.3) is 21.9 Å². The van der Waals surface area contributed by atoms with Crippen molar-refractivity contribution in [2.75, 3.05) is 5.73 Å². The van der Waals surface area contributed by atoms with Crippen molar-refractivity contribution >= 4 is 39.5 Å². The molecular formula is C18H15ClN4. The molecule has 5 heteroatoms. The summed E-state index contributed by atoms with van der Waals surface area (Å²) >= 11 is 6.33. The topological polar surface area (TPSA) is 56.7 Å². The average Bonchev–Trinajstić information content (AvgIpc) is 2.93. The standard InChI is InChI=1S/C18H15ClN4/c1-11(12-7-3-2-4-8-12)23-16-13-9-5-6-10-14(13)21-17(19)15(16)22-18(23)20/h2-11H,1H3,(H2,20,22). The van der Waals surface area contributed by atoms with Crippen molar-refractivity contribution in [3.8, 4) is 0 Å². The molecule has 0 saturated heterocycles. The number of hydrogen-bond donors (Lipinski definition) is 1. The van der Waals surface area contributed by atoms with Gasteiger partial charge in [0.2, 0.25) is 5.95 Å². The van der Waals surface area contributed by atoms with Crippen LogP contribution in [0.1, 0.15) is 18.5 Å². The Labute approximate surface area is 138 Å². The van der Waals surface area contributed by atoms with Crippen LogP contribution in [0.3, 0.4) is 0 Å². The maximum Gasteiger partial charge on any atom is 0.201 e. The summed E-state index contributed by atoms with van der Waals surface area (Å²) in [6, 6.07) is 18.2. The molecule has 114 valence electrons. The van der Waals surface area contributed by atoms with Crippen LogP contribution in [0.15, 0.2) is 54.6 Å². The second-order valence-electron chi connectivity index (χ2n) is 5.54. The van der Waals surface area contributed by atoms with Gasteiger partial charge in [0.15, 0.2) is 5.15 Å². The largest absolute Gasteiger partial charge is 0.369 e. The summed E-state index contributed by atoms with van der Waals surface area (Å²) in [5.74, 6) is 0.441. The van der Waals surface area contributed by atoms with E-state index in [0.717, 1.165) is 22.0 Å². The minimum absolute atomic E-state index is 0.0445. The molecule has 1 unspecified atom stereocenters. The fourth-order valence-corrected chi connectivity index (χ4v) is 3.28. The molecule has 0 spiro atoms. The van der Waals surface area contributed by atoms with Crippen LogP contribution in [0, 0.1) is 0 Å². The summed E-state index contributed by atoms with van der Waals surface area (Å²) in [6.07, 6.45) is 0. The number of rotatable bonds is 2. The van der Waals surface area contributed by atoms with E-state index in [9.17, 15) is 0 Å². The first-order valence-corrected chi connectivity index (χ1v) is 7.81. The minimum Gasteiger partial charge on any atom is -0.369 e. The van der Waals surface area contributed by atoms with Crippen LogP contribution in [0.5, 0.6) is 0 Å². The van der Waals surface area contributed by atoms with Gasteiger partial charge in [-0.05, 0) is 18.6 Å². The van der Waals surface area contributed by atoms with Gasteiger partial charge in [-0.1, -0.05) is 60.1 Å². The maximum atomic E-state index is 6.33. The van der Waals surface area contributed by atoms with Crippen LogP contribution >= 0.6 is 11.6 Å². The minimum atomic E-state index is 0.0445. The smallest absolute Gasteiger partial charge is 0.201 e. The van der Waals surface area contributed by atoms with Gasteiger partial charge in [0.1, 0.15) is 5.52 Å². The normalized spacial score (nSPS) is 12.8. The molecule has 0 saturated carbocycles. The first-order chi connectivity index (χ1) is 11.2. The van der Waals surface area contributed by atoms with E-state index in [4.69, 9.17) is 17.3 Å². The van der Waals surface area contributed by atoms with Crippen molar-refractivity contribution < 1.29 is 0 Å². The molecule has 4 rings (SSSR count). The first-order valence-electron chi connectivity index (χ1n) is 7.43. The Hall–Kier alpha value is -2.59. The Balaban J connectivity index is 2.09. The monoisotopic (exact) mass is 322 g/mol. The van der Waals surface area contributed by atoms with E-state index in [0.29, 0.717) is 16.6 Å². The van der Waals surface area contributed by atoms with Crippen molar-refractivity contribution in [1.82, 2.24) is 14.5 Å². The van der Waals surface area contributed by atoms with Crippen molar-refractivity contribution in [1.29, 1.82) is 0 Å². The van der Waals surface area contributed by atoms with E-state index in [2.05, 4.69) is 29.0 Å². The Kier molecular flexibility index (Phi) is 3.20. The second-order valence-corrected chi connectivity index (χ2v) is 5.90. The van der Waals surface area contributed by atoms with Crippen molar-refractivity contribution in [2.45, 2.75) is 13.0 Å². The number of benzene rings is 2. The van der Waals surface area contributed by atoms with Crippen LogP contribution in [-0.2, 0) is 0 Å². The van der Waals surface area contributed by atoms with Gasteiger partial charge < -0.3 is 10.3 Å². The molecule has 4 aromatic rings. The third-order valence-electron chi connectivity index (χ3n) is 4.18. The molecule has 0 aliphatic rings. The van der Waals surface area contributed by atoms with Gasteiger partial charge >= 0.3 is 0 Å². The first kappa shape index (κ1) is 14.0. The fourth-order valence-electron chi connectivity index (χ4n) is 3.05. The SMILES string of the molecule is CC(c1ccccc1)n1c(N)nc2c(Cl)nc3ccccc3c21. The molecule has 0 aliphatic carbocycles. The lowest BCUT2D eigenvalue weighted by molar-refractivity contribution is 0.669. The highest BCUT2D eigenvalue weighted by Gasteiger charge is 2.20. The molecule has 23 heavy (non-hydrogen) atoms. The van der Waals surface area contributed by atoms with Gasteiger partial charge in [-0.25, -0.2) is 9.97 Å². The average molecular weight is 323 g/mol. The Morgan fingerprint density at radius 2 is 1.70 bits per heavy atom. The molecule has 2 aromatic carbocycles. The Bertz CT molecular complexity index is 1010. The van der Waals surface area contributed by atoms with Gasteiger partial charge in [0.25, 0.3) is 0 Å². The number of anilines is 1. The van der Waals surface area contributed by atoms with E-state index < -0.39 is 0 Å². The van der Waals surface area contributed by atoms with Crippen molar-refractivity contribution in [3.63, 3.8) is 0 Å². The zero-order valence-corrected chi connectivity index (χ0v) is 13.3. The van der Waals surface area contributed by atoms with E-state index >= 15 is 0 Å². The Morgan fingerprint density at radius 3 is 2.48 bits per heavy atom. The van der Waals surface area contributed by atoms with Gasteiger partial charge in [0.05, 0.1) is 17.1 Å². The number of nitrogens with two attached hydrogens (primary N) is 1. The molecule has 0 bridgehead atoms. The second kappa shape index (κ2) is 5.25. The molecule has 0 amide bonds. The summed E-state index contributed by atoms with van der Waals surface area (Å²) in [7, 11) is 0. The number of pyridine rings is 1. The van der Waals surface area contributed by atoms with Gasteiger partial charge in [-0.3, -0.25) is 0 Å². The summed E-state index contributed by atoms with van der Waals surface area (Å²) < 4.78 is 2.03. The fraction of sp³-hybridized carbons (Fsp3) is 0.111. The lowest BCUT2D eigenvalue weighted by Gasteiger charge is -2.17. The number of hydrogen-bond acceptors (Lipinski definition) is 3. The van der Waals surface area contributed by atoms with Crippen LogP contribution in [-0.4, -0.2) is 14.5 Å². The van der Waals surface area contributed by atoms with Crippen LogP contribution in [0.4, 0.5) is 5.95 Å². The van der Waals surface area contributed by atoms with Gasteiger partial charge in [-0.2, -0.15) is 0 Å². The van der Waals surface area contributed by atoms with Crippen LogP contribution < -0.4 is 5.73 Å².